The van der Waals surface area contributed by atoms with Crippen LogP contribution in [0.25, 0.3) is 0 Å². The highest BCUT2D eigenvalue weighted by Crippen LogP contribution is 2.24. The summed E-state index contributed by atoms with van der Waals surface area (Å²) >= 11 is 0. The zero-order chi connectivity index (χ0) is 14.1. The van der Waals surface area contributed by atoms with Gasteiger partial charge in [0.25, 0.3) is 5.91 Å². The van der Waals surface area contributed by atoms with Crippen molar-refractivity contribution in [2.24, 2.45) is 0 Å². The molecule has 2 aromatic rings. The molecule has 0 saturated carbocycles. The van der Waals surface area contributed by atoms with E-state index in [2.05, 4.69) is 27.8 Å². The van der Waals surface area contributed by atoms with Crippen LogP contribution in [0.5, 0.6) is 0 Å². The van der Waals surface area contributed by atoms with Gasteiger partial charge in [0, 0.05) is 18.8 Å². The fourth-order valence-electron chi connectivity index (χ4n) is 2.81. The van der Waals surface area contributed by atoms with E-state index in [1.165, 1.54) is 18.3 Å². The van der Waals surface area contributed by atoms with Gasteiger partial charge in [0.05, 0.1) is 17.9 Å². The Morgan fingerprint density at radius 3 is 2.65 bits per heavy atom. The third-order valence-electron chi connectivity index (χ3n) is 3.79. The maximum atomic E-state index is 12.1. The number of piperidine rings is 1. The molecule has 6 nitrogen and oxygen atoms in total. The molecule has 0 aromatic carbocycles. The maximum absolute atomic E-state index is 12.1. The number of likely N-dealkylation sites (tertiary alicyclic amines) is 1. The van der Waals surface area contributed by atoms with Crippen LogP contribution >= 0.6 is 0 Å². The average molecular weight is 274 g/mol. The average Bonchev–Trinajstić information content (AvgIpc) is 3.08. The Hall–Kier alpha value is -2.11. The lowest BCUT2D eigenvalue weighted by Gasteiger charge is -2.32. The number of hydrogen-bond donors (Lipinski definition) is 0. The lowest BCUT2D eigenvalue weighted by atomic mass is 10.0. The number of nitrogens with zero attached hydrogens (tertiary/aromatic N) is 4. The lowest BCUT2D eigenvalue weighted by Crippen LogP contribution is -2.39. The third kappa shape index (κ3) is 2.33. The molecule has 106 valence electrons. The van der Waals surface area contributed by atoms with Crippen molar-refractivity contribution in [3.05, 3.63) is 35.8 Å². The minimum absolute atomic E-state index is 0.0747. The Morgan fingerprint density at radius 1 is 1.35 bits per heavy atom. The molecule has 0 unspecified atom stereocenters. The van der Waals surface area contributed by atoms with Crippen LogP contribution in [0, 0.1) is 13.8 Å². The molecule has 2 aromatic heterocycles. The normalized spacial score (nSPS) is 16.6. The first kappa shape index (κ1) is 12.9. The second-order valence-electron chi connectivity index (χ2n) is 5.26. The summed E-state index contributed by atoms with van der Waals surface area (Å²) in [5.74, 6) is 0.240. The molecule has 1 amide bonds. The molecule has 0 aliphatic carbocycles. The third-order valence-corrected chi connectivity index (χ3v) is 3.79. The Bertz CT molecular complexity index is 595. The molecule has 0 bridgehead atoms. The Kier molecular flexibility index (Phi) is 3.30. The van der Waals surface area contributed by atoms with E-state index in [4.69, 9.17) is 4.42 Å². The topological polar surface area (TPSA) is 64.2 Å². The highest BCUT2D eigenvalue weighted by molar-refractivity contribution is 5.91. The standard InChI is InChI=1S/C14H18N4O2/c1-10-7-11(2)18(16-10)12-3-5-17(6-4-12)14(19)13-8-15-9-20-13/h7-9,12H,3-6H2,1-2H3. The maximum Gasteiger partial charge on any atom is 0.291 e. The van der Waals surface area contributed by atoms with Crippen molar-refractivity contribution < 1.29 is 9.21 Å². The van der Waals surface area contributed by atoms with E-state index in [1.54, 1.807) is 0 Å². The van der Waals surface area contributed by atoms with Gasteiger partial charge in [0.2, 0.25) is 5.76 Å². The number of aromatic nitrogens is 3. The summed E-state index contributed by atoms with van der Waals surface area (Å²) in [5, 5.41) is 4.54. The van der Waals surface area contributed by atoms with Gasteiger partial charge >= 0.3 is 0 Å². The first-order valence-corrected chi connectivity index (χ1v) is 6.85. The fraction of sp³-hybridized carbons (Fsp3) is 0.500. The van der Waals surface area contributed by atoms with E-state index in [9.17, 15) is 4.79 Å². The van der Waals surface area contributed by atoms with Crippen molar-refractivity contribution in [3.63, 3.8) is 0 Å². The summed E-state index contributed by atoms with van der Waals surface area (Å²) in [6.45, 7) is 5.53. The Labute approximate surface area is 117 Å². The van der Waals surface area contributed by atoms with E-state index in [0.29, 0.717) is 11.8 Å². The van der Waals surface area contributed by atoms with Crippen molar-refractivity contribution in [2.45, 2.75) is 32.7 Å². The van der Waals surface area contributed by atoms with Crippen LogP contribution in [0.3, 0.4) is 0 Å². The van der Waals surface area contributed by atoms with Gasteiger partial charge in [-0.3, -0.25) is 9.48 Å². The molecule has 0 radical (unpaired) electrons. The molecule has 0 spiro atoms. The van der Waals surface area contributed by atoms with Gasteiger partial charge in [-0.15, -0.1) is 0 Å². The molecule has 1 aliphatic heterocycles. The Balaban J connectivity index is 1.65. The summed E-state index contributed by atoms with van der Waals surface area (Å²) in [7, 11) is 0. The number of aryl methyl sites for hydroxylation is 2. The van der Waals surface area contributed by atoms with Crippen molar-refractivity contribution in [3.8, 4) is 0 Å². The van der Waals surface area contributed by atoms with Crippen LogP contribution in [0.2, 0.25) is 0 Å². The summed E-state index contributed by atoms with van der Waals surface area (Å²) in [4.78, 5) is 17.8. The minimum atomic E-state index is -0.0747. The number of hydrogen-bond acceptors (Lipinski definition) is 4. The zero-order valence-corrected chi connectivity index (χ0v) is 11.7. The van der Waals surface area contributed by atoms with E-state index in [-0.39, 0.29) is 5.91 Å². The molecule has 3 heterocycles. The second-order valence-corrected chi connectivity index (χ2v) is 5.26. The summed E-state index contributed by atoms with van der Waals surface area (Å²) in [5.41, 5.74) is 2.23. The zero-order valence-electron chi connectivity index (χ0n) is 11.7. The second kappa shape index (κ2) is 5.11. The number of carbonyl (C=O) groups excluding carboxylic acids is 1. The molecule has 1 fully saturated rings. The first-order chi connectivity index (χ1) is 9.65. The molecule has 1 aliphatic rings. The SMILES string of the molecule is Cc1cc(C)n(C2CCN(C(=O)c3cnco3)CC2)n1. The summed E-state index contributed by atoms with van der Waals surface area (Å²) < 4.78 is 7.15. The highest BCUT2D eigenvalue weighted by atomic mass is 16.3. The number of oxazole rings is 1. The van der Waals surface area contributed by atoms with Crippen LogP contribution in [-0.2, 0) is 0 Å². The van der Waals surface area contributed by atoms with Crippen molar-refractivity contribution in [1.29, 1.82) is 0 Å². The van der Waals surface area contributed by atoms with Crippen molar-refractivity contribution in [1.82, 2.24) is 19.7 Å². The van der Waals surface area contributed by atoms with Gasteiger partial charge in [-0.05, 0) is 32.8 Å². The van der Waals surface area contributed by atoms with Crippen molar-refractivity contribution >= 4 is 5.91 Å². The molecular weight excluding hydrogens is 256 g/mol. The van der Waals surface area contributed by atoms with Gasteiger partial charge in [-0.25, -0.2) is 4.98 Å². The van der Waals surface area contributed by atoms with Gasteiger partial charge in [0.1, 0.15) is 0 Å². The number of rotatable bonds is 2. The fourth-order valence-corrected chi connectivity index (χ4v) is 2.81. The Morgan fingerprint density at radius 2 is 2.10 bits per heavy atom. The summed E-state index contributed by atoms with van der Waals surface area (Å²) in [6, 6.07) is 2.47. The molecule has 3 rings (SSSR count). The smallest absolute Gasteiger partial charge is 0.291 e. The molecular formula is C14H18N4O2. The quantitative estimate of drug-likeness (QED) is 0.839. The predicted octanol–water partition coefficient (Wildman–Crippen LogP) is 1.97. The monoisotopic (exact) mass is 274 g/mol. The van der Waals surface area contributed by atoms with Crippen LogP contribution in [0.1, 0.15) is 40.8 Å². The minimum Gasteiger partial charge on any atom is -0.438 e. The molecule has 6 heteroatoms. The van der Waals surface area contributed by atoms with Crippen LogP contribution in [0.4, 0.5) is 0 Å². The number of amides is 1. The first-order valence-electron chi connectivity index (χ1n) is 6.85. The predicted molar refractivity (Wildman–Crippen MR) is 72.4 cm³/mol. The van der Waals surface area contributed by atoms with E-state index in [1.807, 2.05) is 11.8 Å². The van der Waals surface area contributed by atoms with Crippen LogP contribution in [0.15, 0.2) is 23.1 Å². The van der Waals surface area contributed by atoms with Gasteiger partial charge in [-0.2, -0.15) is 5.10 Å². The highest BCUT2D eigenvalue weighted by Gasteiger charge is 2.27. The van der Waals surface area contributed by atoms with Crippen molar-refractivity contribution in [2.75, 3.05) is 13.1 Å². The molecule has 0 N–H and O–H groups in total. The largest absolute Gasteiger partial charge is 0.438 e. The number of carbonyl (C=O) groups is 1. The van der Waals surface area contributed by atoms with Crippen LogP contribution in [-0.4, -0.2) is 38.7 Å². The van der Waals surface area contributed by atoms with E-state index < -0.39 is 0 Å². The van der Waals surface area contributed by atoms with E-state index >= 15 is 0 Å². The summed E-state index contributed by atoms with van der Waals surface area (Å²) in [6.07, 6.45) is 4.59. The molecule has 1 saturated heterocycles. The lowest BCUT2D eigenvalue weighted by molar-refractivity contribution is 0.0657. The molecule has 20 heavy (non-hydrogen) atoms. The van der Waals surface area contributed by atoms with Gasteiger partial charge in [-0.1, -0.05) is 0 Å². The van der Waals surface area contributed by atoms with Gasteiger partial charge < -0.3 is 9.32 Å². The van der Waals surface area contributed by atoms with E-state index in [0.717, 1.165) is 31.6 Å². The van der Waals surface area contributed by atoms with Crippen LogP contribution < -0.4 is 0 Å². The van der Waals surface area contributed by atoms with Gasteiger partial charge in [0.15, 0.2) is 6.39 Å². The molecule has 0 atom stereocenters.